The lowest BCUT2D eigenvalue weighted by molar-refractivity contribution is 0.702. The number of thioether (sulfide) groups is 1. The third-order valence-corrected chi connectivity index (χ3v) is 5.81. The van der Waals surface area contributed by atoms with E-state index in [1.807, 2.05) is 33.3 Å². The molecule has 11 heavy (non-hydrogen) atoms. The van der Waals surface area contributed by atoms with Crippen molar-refractivity contribution in [1.29, 1.82) is 0 Å². The van der Waals surface area contributed by atoms with Crippen LogP contribution in [0.5, 0.6) is 0 Å². The zero-order chi connectivity index (χ0) is 8.36. The van der Waals surface area contributed by atoms with E-state index in [1.54, 1.807) is 0 Å². The molecule has 0 aromatic heterocycles. The summed E-state index contributed by atoms with van der Waals surface area (Å²) < 4.78 is 0. The van der Waals surface area contributed by atoms with Crippen molar-refractivity contribution in [3.63, 3.8) is 0 Å². The highest BCUT2D eigenvalue weighted by molar-refractivity contribution is 8.82. The van der Waals surface area contributed by atoms with E-state index in [0.717, 1.165) is 0 Å². The Morgan fingerprint density at radius 3 is 1.55 bits per heavy atom. The molecule has 0 N–H and O–H groups in total. The molecule has 0 aromatic rings. The number of unbranched alkanes of at least 4 members (excludes halogenated alkanes) is 3. The lowest BCUT2D eigenvalue weighted by atomic mass is 10.2. The van der Waals surface area contributed by atoms with E-state index >= 15 is 0 Å². The number of rotatable bonds is 3. The molecule has 0 radical (unpaired) electrons. The Labute approximate surface area is 83.1 Å². The predicted molar refractivity (Wildman–Crippen MR) is 62.3 cm³/mol. The highest BCUT2D eigenvalue weighted by Crippen LogP contribution is 2.36. The van der Waals surface area contributed by atoms with Gasteiger partial charge in [0.25, 0.3) is 0 Å². The van der Waals surface area contributed by atoms with Gasteiger partial charge in [-0.15, -0.1) is 11.8 Å². The molecule has 3 heteroatoms. The van der Waals surface area contributed by atoms with Gasteiger partial charge < -0.3 is 0 Å². The Hall–Kier alpha value is 1.05. The highest BCUT2D eigenvalue weighted by Gasteiger charge is 1.96. The third-order valence-electron chi connectivity index (χ3n) is 1.30. The maximum Gasteiger partial charge on any atom is 0.0505 e. The largest absolute Gasteiger partial charge is 0.138 e. The summed E-state index contributed by atoms with van der Waals surface area (Å²) in [5.74, 6) is 0. The monoisotopic (exact) mass is 210 g/mol. The first-order chi connectivity index (χ1) is 5.41. The fraction of sp³-hybridized carbons (Fsp3) is 1.00. The van der Waals surface area contributed by atoms with Gasteiger partial charge in [-0.1, -0.05) is 61.1 Å². The van der Waals surface area contributed by atoms with Crippen LogP contribution < -0.4 is 0 Å². The van der Waals surface area contributed by atoms with Crippen LogP contribution >= 0.6 is 33.3 Å². The molecule has 0 aromatic carbocycles. The molecule has 68 valence electrons. The lowest BCUT2D eigenvalue weighted by Gasteiger charge is -1.86. The second-order valence-electron chi connectivity index (χ2n) is 2.38. The molecular weight excluding hydrogens is 192 g/mol. The van der Waals surface area contributed by atoms with Crippen LogP contribution in [0.15, 0.2) is 0 Å². The molecule has 1 fully saturated rings. The fourth-order valence-electron chi connectivity index (χ4n) is 0.670. The third kappa shape index (κ3) is 11.0. The maximum absolute atomic E-state index is 2.23. The Morgan fingerprint density at radius 1 is 0.909 bits per heavy atom. The molecule has 1 aliphatic heterocycles. The SMILES string of the molecule is C1SCSS1.CCCCCC. The molecule has 0 aliphatic carbocycles. The molecule has 0 amide bonds. The second kappa shape index (κ2) is 11.1. The van der Waals surface area contributed by atoms with E-state index in [-0.39, 0.29) is 0 Å². The van der Waals surface area contributed by atoms with Crippen molar-refractivity contribution in [2.45, 2.75) is 39.5 Å². The van der Waals surface area contributed by atoms with E-state index in [9.17, 15) is 0 Å². The van der Waals surface area contributed by atoms with Crippen molar-refractivity contribution < 1.29 is 0 Å². The van der Waals surface area contributed by atoms with Gasteiger partial charge in [-0.25, -0.2) is 0 Å². The Kier molecular flexibility index (Phi) is 12.1. The normalized spacial score (nSPS) is 15.8. The minimum atomic E-state index is 1.30. The van der Waals surface area contributed by atoms with Crippen LogP contribution in [0, 0.1) is 0 Å². The van der Waals surface area contributed by atoms with E-state index in [4.69, 9.17) is 0 Å². The first-order valence-corrected chi connectivity index (χ1v) is 7.88. The van der Waals surface area contributed by atoms with Crippen LogP contribution in [-0.2, 0) is 0 Å². The Morgan fingerprint density at radius 2 is 1.36 bits per heavy atom. The molecule has 0 spiro atoms. The van der Waals surface area contributed by atoms with Gasteiger partial charge in [-0.2, -0.15) is 0 Å². The van der Waals surface area contributed by atoms with Crippen LogP contribution in [0.4, 0.5) is 0 Å². The van der Waals surface area contributed by atoms with E-state index in [2.05, 4.69) is 13.8 Å². The van der Waals surface area contributed by atoms with Crippen LogP contribution in [0.3, 0.4) is 0 Å². The Balaban J connectivity index is 0.000000183. The first kappa shape index (κ1) is 12.0. The van der Waals surface area contributed by atoms with Gasteiger partial charge in [0.05, 0.1) is 10.2 Å². The van der Waals surface area contributed by atoms with Crippen molar-refractivity contribution in [3.05, 3.63) is 0 Å². The Bertz CT molecular complexity index is 50.7. The van der Waals surface area contributed by atoms with Gasteiger partial charge in [-0.05, 0) is 0 Å². The number of hydrogen-bond acceptors (Lipinski definition) is 3. The van der Waals surface area contributed by atoms with E-state index in [0.29, 0.717) is 0 Å². The van der Waals surface area contributed by atoms with Crippen molar-refractivity contribution in [1.82, 2.24) is 0 Å². The molecular formula is C8H18S3. The predicted octanol–water partition coefficient (Wildman–Crippen LogP) is 4.62. The number of hydrogen-bond donors (Lipinski definition) is 0. The van der Waals surface area contributed by atoms with Crippen molar-refractivity contribution in [2.24, 2.45) is 0 Å². The minimum Gasteiger partial charge on any atom is -0.138 e. The van der Waals surface area contributed by atoms with Crippen molar-refractivity contribution >= 4 is 33.3 Å². The lowest BCUT2D eigenvalue weighted by Crippen LogP contribution is -1.66. The molecule has 0 bridgehead atoms. The van der Waals surface area contributed by atoms with Gasteiger partial charge >= 0.3 is 0 Å². The minimum absolute atomic E-state index is 1.30. The van der Waals surface area contributed by atoms with Crippen molar-refractivity contribution in [2.75, 3.05) is 10.2 Å². The molecule has 1 rings (SSSR count). The second-order valence-corrected chi connectivity index (χ2v) is 6.56. The van der Waals surface area contributed by atoms with Crippen LogP contribution in [0.1, 0.15) is 39.5 Å². The van der Waals surface area contributed by atoms with Crippen LogP contribution in [-0.4, -0.2) is 10.2 Å². The highest BCUT2D eigenvalue weighted by atomic mass is 33.1. The van der Waals surface area contributed by atoms with Gasteiger partial charge in [0, 0.05) is 0 Å². The van der Waals surface area contributed by atoms with E-state index in [1.165, 1.54) is 35.9 Å². The molecule has 1 heterocycles. The fourth-order valence-corrected chi connectivity index (χ4v) is 5.09. The zero-order valence-corrected chi connectivity index (χ0v) is 9.92. The van der Waals surface area contributed by atoms with Gasteiger partial charge in [-0.3, -0.25) is 0 Å². The maximum atomic E-state index is 2.23. The summed E-state index contributed by atoms with van der Waals surface area (Å²) in [5.41, 5.74) is 0. The average molecular weight is 210 g/mol. The summed E-state index contributed by atoms with van der Waals surface area (Å²) >= 11 is 2.00. The van der Waals surface area contributed by atoms with Crippen LogP contribution in [0.25, 0.3) is 0 Å². The summed E-state index contributed by atoms with van der Waals surface area (Å²) in [6.07, 6.45) is 5.54. The summed E-state index contributed by atoms with van der Waals surface area (Å²) in [5, 5.41) is 2.59. The topological polar surface area (TPSA) is 0 Å². The summed E-state index contributed by atoms with van der Waals surface area (Å²) in [6.45, 7) is 4.46. The van der Waals surface area contributed by atoms with Gasteiger partial charge in [0.1, 0.15) is 0 Å². The smallest absolute Gasteiger partial charge is 0.0505 e. The molecule has 0 unspecified atom stereocenters. The summed E-state index contributed by atoms with van der Waals surface area (Å²) in [6, 6.07) is 0. The van der Waals surface area contributed by atoms with Gasteiger partial charge in [0.2, 0.25) is 0 Å². The summed E-state index contributed by atoms with van der Waals surface area (Å²) in [7, 11) is 3.91. The van der Waals surface area contributed by atoms with Crippen LogP contribution in [0.2, 0.25) is 0 Å². The quantitative estimate of drug-likeness (QED) is 0.493. The zero-order valence-electron chi connectivity index (χ0n) is 7.47. The molecule has 0 atom stereocenters. The van der Waals surface area contributed by atoms with Crippen molar-refractivity contribution in [3.8, 4) is 0 Å². The summed E-state index contributed by atoms with van der Waals surface area (Å²) in [4.78, 5) is 0. The molecule has 1 aliphatic rings. The first-order valence-electron chi connectivity index (χ1n) is 4.24. The van der Waals surface area contributed by atoms with Gasteiger partial charge in [0.15, 0.2) is 0 Å². The average Bonchev–Trinajstić information content (AvgIpc) is 2.57. The molecule has 0 saturated carbocycles. The standard InChI is InChI=1S/C6H14.C2H4S3/c1-3-5-6-4-2;1-3-2-5-4-1/h3-6H2,1-2H3;1-2H2. The molecule has 0 nitrogen and oxygen atoms in total. The molecule has 1 saturated heterocycles. The van der Waals surface area contributed by atoms with E-state index < -0.39 is 0 Å².